The van der Waals surface area contributed by atoms with Gasteiger partial charge in [0.15, 0.2) is 5.78 Å². The fourth-order valence-corrected chi connectivity index (χ4v) is 4.13. The molecule has 2 fully saturated rings. The summed E-state index contributed by atoms with van der Waals surface area (Å²) in [6, 6.07) is 3.88. The lowest BCUT2D eigenvalue weighted by atomic mass is 9.89. The van der Waals surface area contributed by atoms with Crippen LogP contribution < -0.4 is 4.90 Å². The van der Waals surface area contributed by atoms with E-state index in [-0.39, 0.29) is 30.1 Å². The Bertz CT molecular complexity index is 904. The molecule has 0 unspecified atom stereocenters. The monoisotopic (exact) mass is 420 g/mol. The lowest BCUT2D eigenvalue weighted by molar-refractivity contribution is -0.137. The Kier molecular flexibility index (Phi) is 6.06. The highest BCUT2D eigenvalue weighted by Crippen LogP contribution is 2.40. The predicted octanol–water partition coefficient (Wildman–Crippen LogP) is 3.77. The van der Waals surface area contributed by atoms with Gasteiger partial charge in [0.1, 0.15) is 0 Å². The van der Waals surface area contributed by atoms with Gasteiger partial charge in [-0.25, -0.2) is 4.79 Å². The molecule has 2 amide bonds. The van der Waals surface area contributed by atoms with Crippen LogP contribution in [-0.4, -0.2) is 54.3 Å². The number of anilines is 1. The summed E-state index contributed by atoms with van der Waals surface area (Å²) in [5, 5.41) is 9.02. The number of halogens is 3. The minimum Gasteiger partial charge on any atom is -0.383 e. The molecule has 160 valence electrons. The fourth-order valence-electron chi connectivity index (χ4n) is 4.13. The molecule has 1 saturated heterocycles. The van der Waals surface area contributed by atoms with Crippen LogP contribution in [0.25, 0.3) is 0 Å². The van der Waals surface area contributed by atoms with Crippen LogP contribution in [0.3, 0.4) is 0 Å². The van der Waals surface area contributed by atoms with Gasteiger partial charge in [0.2, 0.25) is 0 Å². The van der Waals surface area contributed by atoms with Crippen LogP contribution in [0.5, 0.6) is 0 Å². The van der Waals surface area contributed by atoms with Gasteiger partial charge >= 0.3 is 12.2 Å². The van der Waals surface area contributed by atoms with Crippen LogP contribution in [0.2, 0.25) is 0 Å². The van der Waals surface area contributed by atoms with Crippen LogP contribution in [-0.2, 0) is 11.0 Å². The van der Waals surface area contributed by atoms with Crippen molar-refractivity contribution in [3.63, 3.8) is 0 Å². The maximum Gasteiger partial charge on any atom is 0.417 e. The number of nitriles is 1. The Balaban J connectivity index is 1.95. The minimum atomic E-state index is -4.71. The van der Waals surface area contributed by atoms with E-state index in [1.165, 1.54) is 21.9 Å². The molecule has 3 rings (SSSR count). The van der Waals surface area contributed by atoms with Crippen molar-refractivity contribution < 1.29 is 22.8 Å². The van der Waals surface area contributed by atoms with E-state index >= 15 is 0 Å². The number of carbonyl (C=O) groups is 2. The van der Waals surface area contributed by atoms with Crippen molar-refractivity contribution in [1.82, 2.24) is 9.80 Å². The molecule has 1 aromatic rings. The number of alkyl halides is 3. The largest absolute Gasteiger partial charge is 0.417 e. The molecule has 30 heavy (non-hydrogen) atoms. The first kappa shape index (κ1) is 21.7. The number of hydrogen-bond acceptors (Lipinski definition) is 4. The zero-order valence-electron chi connectivity index (χ0n) is 16.8. The standard InChI is InChI=1S/C21H23F3N4O2/c1-26(2)10-9-16(29)13-27-18-5-3-4-6-19(18)28(20(27)30)15-8-7-14(12-25)17(11-15)21(22,23)24/h7-11,18-19H,3-6,13H2,1-2H3/t18-,19-/m1/s1. The Hall–Kier alpha value is -3.02. The molecule has 0 bridgehead atoms. The number of ketones is 1. The molecule has 0 spiro atoms. The summed E-state index contributed by atoms with van der Waals surface area (Å²) in [6.07, 6.45) is 1.36. The van der Waals surface area contributed by atoms with Crippen molar-refractivity contribution in [2.75, 3.05) is 25.5 Å². The normalized spacial score (nSPS) is 21.7. The first-order valence-electron chi connectivity index (χ1n) is 9.72. The first-order valence-corrected chi connectivity index (χ1v) is 9.72. The Morgan fingerprint density at radius 1 is 1.27 bits per heavy atom. The maximum atomic E-state index is 13.4. The lowest BCUT2D eigenvalue weighted by Crippen LogP contribution is -2.41. The van der Waals surface area contributed by atoms with Gasteiger partial charge in [-0.05, 0) is 37.1 Å². The average Bonchev–Trinajstić information content (AvgIpc) is 2.97. The smallest absolute Gasteiger partial charge is 0.383 e. The summed E-state index contributed by atoms with van der Waals surface area (Å²) in [4.78, 5) is 30.0. The van der Waals surface area contributed by atoms with Gasteiger partial charge in [0.05, 0.1) is 35.8 Å². The van der Waals surface area contributed by atoms with E-state index in [2.05, 4.69) is 0 Å². The number of hydrogen-bond donors (Lipinski definition) is 0. The Labute approximate surface area is 173 Å². The summed E-state index contributed by atoms with van der Waals surface area (Å²) in [5.74, 6) is -0.251. The summed E-state index contributed by atoms with van der Waals surface area (Å²) in [6.45, 7) is -0.122. The topological polar surface area (TPSA) is 67.7 Å². The zero-order valence-corrected chi connectivity index (χ0v) is 16.8. The molecule has 1 aliphatic heterocycles. The van der Waals surface area contributed by atoms with Crippen LogP contribution in [0.15, 0.2) is 30.5 Å². The SMILES string of the molecule is CN(C)C=CC(=O)CN1C(=O)N(c2ccc(C#N)c(C(F)(F)F)c2)[C@@H]2CCCC[C@H]21. The quantitative estimate of drug-likeness (QED) is 0.680. The highest BCUT2D eigenvalue weighted by molar-refractivity contribution is 6.00. The molecule has 6 nitrogen and oxygen atoms in total. The molecule has 2 atom stereocenters. The van der Waals surface area contributed by atoms with Crippen LogP contribution >= 0.6 is 0 Å². The van der Waals surface area contributed by atoms with Gasteiger partial charge < -0.3 is 9.80 Å². The predicted molar refractivity (Wildman–Crippen MR) is 105 cm³/mol. The maximum absolute atomic E-state index is 13.4. The number of rotatable bonds is 5. The average molecular weight is 420 g/mol. The number of nitrogens with zero attached hydrogens (tertiary/aromatic N) is 4. The fraction of sp³-hybridized carbons (Fsp3) is 0.476. The summed E-state index contributed by atoms with van der Waals surface area (Å²) >= 11 is 0. The molecule has 1 aromatic carbocycles. The van der Waals surface area contributed by atoms with Gasteiger partial charge in [-0.2, -0.15) is 18.4 Å². The molecule has 1 aliphatic carbocycles. The number of amides is 2. The molecular formula is C21H23F3N4O2. The van der Waals surface area contributed by atoms with Gasteiger partial charge in [0.25, 0.3) is 0 Å². The third-order valence-corrected chi connectivity index (χ3v) is 5.47. The third-order valence-electron chi connectivity index (χ3n) is 5.47. The molecule has 1 heterocycles. The summed E-state index contributed by atoms with van der Waals surface area (Å²) < 4.78 is 40.2. The van der Waals surface area contributed by atoms with Crippen molar-refractivity contribution in [1.29, 1.82) is 5.26 Å². The first-order chi connectivity index (χ1) is 14.1. The van der Waals surface area contributed by atoms with Crippen LogP contribution in [0, 0.1) is 11.3 Å². The van der Waals surface area contributed by atoms with E-state index in [0.29, 0.717) is 12.8 Å². The highest BCUT2D eigenvalue weighted by atomic mass is 19.4. The Morgan fingerprint density at radius 2 is 1.93 bits per heavy atom. The molecule has 0 aromatic heterocycles. The van der Waals surface area contributed by atoms with E-state index in [9.17, 15) is 22.8 Å². The van der Waals surface area contributed by atoms with Crippen molar-refractivity contribution in [2.45, 2.75) is 43.9 Å². The summed E-state index contributed by atoms with van der Waals surface area (Å²) in [5.41, 5.74) is -1.45. The van der Waals surface area contributed by atoms with Gasteiger partial charge in [-0.3, -0.25) is 9.69 Å². The van der Waals surface area contributed by atoms with Crippen LogP contribution in [0.4, 0.5) is 23.7 Å². The van der Waals surface area contributed by atoms with Gasteiger partial charge in [-0.15, -0.1) is 0 Å². The number of carbonyl (C=O) groups excluding carboxylic acids is 2. The molecule has 1 saturated carbocycles. The number of benzene rings is 1. The molecule has 0 N–H and O–H groups in total. The highest BCUT2D eigenvalue weighted by Gasteiger charge is 2.48. The third kappa shape index (κ3) is 4.27. The second-order valence-electron chi connectivity index (χ2n) is 7.78. The van der Waals surface area contributed by atoms with E-state index in [1.54, 1.807) is 31.3 Å². The molecule has 9 heteroatoms. The van der Waals surface area contributed by atoms with Crippen molar-refractivity contribution in [3.05, 3.63) is 41.6 Å². The molecule has 0 radical (unpaired) electrons. The van der Waals surface area contributed by atoms with E-state index in [0.717, 1.165) is 25.0 Å². The zero-order chi connectivity index (χ0) is 22.1. The van der Waals surface area contributed by atoms with E-state index in [4.69, 9.17) is 5.26 Å². The van der Waals surface area contributed by atoms with Gasteiger partial charge in [-0.1, -0.05) is 12.8 Å². The second-order valence-corrected chi connectivity index (χ2v) is 7.78. The van der Waals surface area contributed by atoms with E-state index in [1.807, 2.05) is 0 Å². The Morgan fingerprint density at radius 3 is 2.53 bits per heavy atom. The van der Waals surface area contributed by atoms with E-state index < -0.39 is 23.3 Å². The van der Waals surface area contributed by atoms with Crippen molar-refractivity contribution in [2.24, 2.45) is 0 Å². The number of fused-ring (bicyclic) bond motifs is 1. The summed E-state index contributed by atoms with van der Waals surface area (Å²) in [7, 11) is 3.54. The van der Waals surface area contributed by atoms with Crippen LogP contribution in [0.1, 0.15) is 36.8 Å². The second kappa shape index (κ2) is 8.38. The molecule has 2 aliphatic rings. The lowest BCUT2D eigenvalue weighted by Gasteiger charge is -2.31. The minimum absolute atomic E-state index is 0.0991. The van der Waals surface area contributed by atoms with Crippen molar-refractivity contribution in [3.8, 4) is 6.07 Å². The van der Waals surface area contributed by atoms with Gasteiger partial charge in [0, 0.05) is 26.0 Å². The molecular weight excluding hydrogens is 397 g/mol. The van der Waals surface area contributed by atoms with Crippen molar-refractivity contribution >= 4 is 17.5 Å². The number of urea groups is 1.